The summed E-state index contributed by atoms with van der Waals surface area (Å²) in [6.45, 7) is 3.32. The van der Waals surface area contributed by atoms with Crippen molar-refractivity contribution in [1.29, 1.82) is 0 Å². The Labute approximate surface area is 125 Å². The molecule has 0 aliphatic carbocycles. The smallest absolute Gasteiger partial charge is 0.253 e. The van der Waals surface area contributed by atoms with Crippen LogP contribution in [0.1, 0.15) is 30.1 Å². The van der Waals surface area contributed by atoms with Crippen molar-refractivity contribution in [3.8, 4) is 0 Å². The van der Waals surface area contributed by atoms with E-state index < -0.39 is 10.0 Å². The van der Waals surface area contributed by atoms with Gasteiger partial charge in [-0.15, -0.1) is 0 Å². The molecule has 1 aromatic carbocycles. The molecular weight excluding hydrogens is 290 g/mol. The highest BCUT2D eigenvalue weighted by molar-refractivity contribution is 7.92. The van der Waals surface area contributed by atoms with E-state index in [1.165, 1.54) is 0 Å². The summed E-state index contributed by atoms with van der Waals surface area (Å²) >= 11 is 0. The van der Waals surface area contributed by atoms with Gasteiger partial charge < -0.3 is 10.6 Å². The van der Waals surface area contributed by atoms with Crippen molar-refractivity contribution >= 4 is 21.6 Å². The molecule has 7 heteroatoms. The minimum absolute atomic E-state index is 0.0305. The molecule has 0 unspecified atom stereocenters. The summed E-state index contributed by atoms with van der Waals surface area (Å²) in [5, 5.41) is 6.20. The Balaban J connectivity index is 2.13. The molecule has 1 amide bonds. The van der Waals surface area contributed by atoms with Gasteiger partial charge in [0.05, 0.1) is 17.0 Å². The largest absolute Gasteiger partial charge is 0.349 e. The summed E-state index contributed by atoms with van der Waals surface area (Å²) in [6.07, 6.45) is 1.77. The Morgan fingerprint density at radius 2 is 1.95 bits per heavy atom. The second kappa shape index (κ2) is 6.91. The Hall–Kier alpha value is -1.60. The molecule has 0 atom stereocenters. The molecule has 1 heterocycles. The van der Waals surface area contributed by atoms with Gasteiger partial charge in [-0.3, -0.25) is 9.52 Å². The lowest BCUT2D eigenvalue weighted by Gasteiger charge is -2.24. The first-order valence-corrected chi connectivity index (χ1v) is 8.78. The molecule has 2 rings (SSSR count). The molecule has 1 aliphatic heterocycles. The van der Waals surface area contributed by atoms with Gasteiger partial charge >= 0.3 is 0 Å². The number of carbonyl (C=O) groups is 1. The van der Waals surface area contributed by atoms with Crippen molar-refractivity contribution in [3.63, 3.8) is 0 Å². The van der Waals surface area contributed by atoms with Gasteiger partial charge in [-0.25, -0.2) is 8.42 Å². The molecule has 0 spiro atoms. The van der Waals surface area contributed by atoms with Crippen LogP contribution in [0, 0.1) is 0 Å². The van der Waals surface area contributed by atoms with Crippen LogP contribution < -0.4 is 15.4 Å². The Kier molecular flexibility index (Phi) is 5.19. The topological polar surface area (TPSA) is 87.3 Å². The molecule has 1 saturated heterocycles. The second-order valence-corrected chi connectivity index (χ2v) is 7.06. The predicted molar refractivity (Wildman–Crippen MR) is 82.9 cm³/mol. The maximum Gasteiger partial charge on any atom is 0.253 e. The second-order valence-electron chi connectivity index (χ2n) is 5.05. The monoisotopic (exact) mass is 311 g/mol. The van der Waals surface area contributed by atoms with Crippen molar-refractivity contribution in [2.24, 2.45) is 0 Å². The summed E-state index contributed by atoms with van der Waals surface area (Å²) in [4.78, 5) is 12.3. The molecule has 0 bridgehead atoms. The van der Waals surface area contributed by atoms with E-state index in [0.29, 0.717) is 11.3 Å². The van der Waals surface area contributed by atoms with Crippen LogP contribution in [0.25, 0.3) is 0 Å². The van der Waals surface area contributed by atoms with Crippen LogP contribution in [0.5, 0.6) is 0 Å². The lowest BCUT2D eigenvalue weighted by atomic mass is 10.1. The number of carbonyl (C=O) groups excluding carboxylic acids is 1. The van der Waals surface area contributed by atoms with Crippen molar-refractivity contribution in [3.05, 3.63) is 29.8 Å². The van der Waals surface area contributed by atoms with Crippen LogP contribution in [0.2, 0.25) is 0 Å². The van der Waals surface area contributed by atoms with Gasteiger partial charge in [0.25, 0.3) is 5.91 Å². The zero-order valence-electron chi connectivity index (χ0n) is 12.1. The van der Waals surface area contributed by atoms with Crippen molar-refractivity contribution in [2.45, 2.75) is 25.8 Å². The third-order valence-electron chi connectivity index (χ3n) is 3.49. The quantitative estimate of drug-likeness (QED) is 0.755. The molecule has 0 saturated carbocycles. The maximum atomic E-state index is 12.3. The van der Waals surface area contributed by atoms with Crippen LogP contribution in [-0.2, 0) is 10.0 Å². The average molecular weight is 311 g/mol. The van der Waals surface area contributed by atoms with E-state index >= 15 is 0 Å². The van der Waals surface area contributed by atoms with E-state index in [0.717, 1.165) is 25.9 Å². The molecule has 1 aliphatic rings. The molecule has 3 N–H and O–H groups in total. The van der Waals surface area contributed by atoms with Crippen LogP contribution in [0.3, 0.4) is 0 Å². The van der Waals surface area contributed by atoms with E-state index in [-0.39, 0.29) is 17.7 Å². The third kappa shape index (κ3) is 4.44. The first-order valence-electron chi connectivity index (χ1n) is 7.13. The fraction of sp³-hybridized carbons (Fsp3) is 0.500. The Morgan fingerprint density at radius 1 is 1.29 bits per heavy atom. The van der Waals surface area contributed by atoms with E-state index in [9.17, 15) is 13.2 Å². The third-order valence-corrected chi connectivity index (χ3v) is 4.78. The molecule has 6 nitrogen and oxygen atoms in total. The summed E-state index contributed by atoms with van der Waals surface area (Å²) in [6, 6.07) is 6.79. The summed E-state index contributed by atoms with van der Waals surface area (Å²) in [5.41, 5.74) is 0.679. The standard InChI is InChI=1S/C14H21N3O3S/c1-2-21(19,20)17-13-6-4-3-5-12(13)14(18)16-11-7-9-15-10-8-11/h3-6,11,15,17H,2,7-10H2,1H3,(H,16,18). The fourth-order valence-corrected chi connectivity index (χ4v) is 2.90. The number of rotatable bonds is 5. The number of benzene rings is 1. The van der Waals surface area contributed by atoms with E-state index in [2.05, 4.69) is 15.4 Å². The minimum Gasteiger partial charge on any atom is -0.349 e. The van der Waals surface area contributed by atoms with Gasteiger partial charge in [0, 0.05) is 6.04 Å². The summed E-state index contributed by atoms with van der Waals surface area (Å²) in [5.74, 6) is -0.270. The molecule has 116 valence electrons. The Bertz CT molecular complexity index is 595. The number of para-hydroxylation sites is 1. The number of anilines is 1. The van der Waals surface area contributed by atoms with Gasteiger partial charge in [0.2, 0.25) is 10.0 Å². The van der Waals surface area contributed by atoms with Crippen LogP contribution in [0.4, 0.5) is 5.69 Å². The van der Waals surface area contributed by atoms with E-state index in [4.69, 9.17) is 0 Å². The van der Waals surface area contributed by atoms with Gasteiger partial charge in [-0.2, -0.15) is 0 Å². The zero-order valence-corrected chi connectivity index (χ0v) is 12.9. The highest BCUT2D eigenvalue weighted by Gasteiger charge is 2.19. The van der Waals surface area contributed by atoms with Crippen LogP contribution >= 0.6 is 0 Å². The van der Waals surface area contributed by atoms with E-state index in [1.54, 1.807) is 31.2 Å². The van der Waals surface area contributed by atoms with Crippen molar-refractivity contribution in [2.75, 3.05) is 23.6 Å². The average Bonchev–Trinajstić information content (AvgIpc) is 2.48. The van der Waals surface area contributed by atoms with Crippen LogP contribution in [0.15, 0.2) is 24.3 Å². The fourth-order valence-electron chi connectivity index (χ4n) is 2.24. The molecule has 1 aromatic rings. The number of piperidine rings is 1. The molecule has 0 aromatic heterocycles. The maximum absolute atomic E-state index is 12.3. The van der Waals surface area contributed by atoms with Crippen molar-refractivity contribution < 1.29 is 13.2 Å². The van der Waals surface area contributed by atoms with Gasteiger partial charge in [-0.05, 0) is 45.0 Å². The van der Waals surface area contributed by atoms with E-state index in [1.807, 2.05) is 0 Å². The number of sulfonamides is 1. The molecule has 0 radical (unpaired) electrons. The number of nitrogens with one attached hydrogen (secondary N) is 3. The van der Waals surface area contributed by atoms with Gasteiger partial charge in [-0.1, -0.05) is 12.1 Å². The lowest BCUT2D eigenvalue weighted by Crippen LogP contribution is -2.42. The first kappa shape index (κ1) is 15.8. The summed E-state index contributed by atoms with van der Waals surface area (Å²) in [7, 11) is -3.40. The predicted octanol–water partition coefficient (Wildman–Crippen LogP) is 0.930. The lowest BCUT2D eigenvalue weighted by molar-refractivity contribution is 0.0930. The van der Waals surface area contributed by atoms with Crippen molar-refractivity contribution in [1.82, 2.24) is 10.6 Å². The summed E-state index contributed by atoms with van der Waals surface area (Å²) < 4.78 is 25.8. The first-order chi connectivity index (χ1) is 10.0. The number of amides is 1. The van der Waals surface area contributed by atoms with Crippen LogP contribution in [-0.4, -0.2) is 39.2 Å². The highest BCUT2D eigenvalue weighted by Crippen LogP contribution is 2.17. The molecular formula is C14H21N3O3S. The van der Waals surface area contributed by atoms with Gasteiger partial charge in [0.1, 0.15) is 0 Å². The normalized spacial score (nSPS) is 16.4. The van der Waals surface area contributed by atoms with Gasteiger partial charge in [0.15, 0.2) is 0 Å². The Morgan fingerprint density at radius 3 is 2.62 bits per heavy atom. The zero-order chi connectivity index (χ0) is 15.3. The molecule has 1 fully saturated rings. The molecule has 21 heavy (non-hydrogen) atoms. The minimum atomic E-state index is -3.40. The number of hydrogen-bond donors (Lipinski definition) is 3. The highest BCUT2D eigenvalue weighted by atomic mass is 32.2. The SMILES string of the molecule is CCS(=O)(=O)Nc1ccccc1C(=O)NC1CCNCC1. The number of hydrogen-bond acceptors (Lipinski definition) is 4.